The third-order valence-electron chi connectivity index (χ3n) is 16.3. The number of carbonyl (C=O) groups is 3. The van der Waals surface area contributed by atoms with Crippen LogP contribution in [0.5, 0.6) is 0 Å². The standard InChI is InChI=1S/C89H144O16P2/c1-4-7-10-13-16-19-22-25-28-31-33-35-37-38-39-40-41-42-43-44-46-48-49-52-54-57-60-63-66-69-72-75-87(92)99-78-84(90)79-101-106(95,96)102-80-85(91)81-103-107(97,98)104-83-86(105-89(94)77-74-71-68-65-62-59-56-51-30-27-24-21-18-15-12-9-6-3)82-100-88(93)76-73-70-67-64-61-58-55-53-50-47-45-36-34-32-29-26-23-20-17-14-11-8-5-2/h7-12,16-21,25-30,33-36,38-39,47,50,55-56,58-59,65,68,84-86,90-91H,4-6,13-15,22-24,31-32,37,40-46,48-49,51-54,57,60-64,66-67,69-83H2,1-3H3,(H,95,96)(H,97,98)/b10-7-,11-8-,12-9-,19-16-,20-17-,21-18-,28-25-,29-26-,30-27-,35-33-,36-34-,39-38-,50-47-,58-55-,59-56-,68-65-. The molecule has 0 aromatic rings. The molecule has 0 amide bonds. The molecular formula is C89H144O16P2. The summed E-state index contributed by atoms with van der Waals surface area (Å²) in [5.41, 5.74) is 0. The number of rotatable bonds is 75. The number of esters is 3. The van der Waals surface area contributed by atoms with Crippen LogP contribution in [-0.2, 0) is 55.8 Å². The minimum absolute atomic E-state index is 0.0126. The number of unbranched alkanes of at least 4 members (excludes halogenated alkanes) is 20. The van der Waals surface area contributed by atoms with Gasteiger partial charge in [0.1, 0.15) is 25.4 Å². The Morgan fingerprint density at radius 3 is 0.766 bits per heavy atom. The summed E-state index contributed by atoms with van der Waals surface area (Å²) in [5.74, 6) is -1.68. The maximum Gasteiger partial charge on any atom is 0.472 e. The first-order valence-corrected chi connectivity index (χ1v) is 43.7. The highest BCUT2D eigenvalue weighted by Gasteiger charge is 2.29. The smallest absolute Gasteiger partial charge is 0.463 e. The minimum Gasteiger partial charge on any atom is -0.463 e. The van der Waals surface area contributed by atoms with Gasteiger partial charge in [-0.1, -0.05) is 312 Å². The van der Waals surface area contributed by atoms with E-state index in [1.54, 1.807) is 0 Å². The van der Waals surface area contributed by atoms with Crippen molar-refractivity contribution in [2.24, 2.45) is 0 Å². The van der Waals surface area contributed by atoms with Crippen LogP contribution >= 0.6 is 15.6 Å². The van der Waals surface area contributed by atoms with Gasteiger partial charge in [0.25, 0.3) is 0 Å². The molecule has 16 nitrogen and oxygen atoms in total. The van der Waals surface area contributed by atoms with Crippen molar-refractivity contribution < 1.29 is 75.8 Å². The number of phosphoric acid groups is 2. The van der Waals surface area contributed by atoms with Crippen LogP contribution < -0.4 is 0 Å². The first-order valence-electron chi connectivity index (χ1n) is 40.7. The molecule has 0 saturated carbocycles. The molecule has 0 aromatic carbocycles. The van der Waals surface area contributed by atoms with E-state index in [-0.39, 0.29) is 19.3 Å². The maximum atomic E-state index is 13.0. The molecule has 0 heterocycles. The van der Waals surface area contributed by atoms with Crippen molar-refractivity contribution in [3.8, 4) is 0 Å². The number of hydrogen-bond acceptors (Lipinski definition) is 14. The first-order chi connectivity index (χ1) is 52.2. The van der Waals surface area contributed by atoms with Gasteiger partial charge in [0, 0.05) is 19.3 Å². The highest BCUT2D eigenvalue weighted by atomic mass is 31.2. The second-order valence-corrected chi connectivity index (χ2v) is 29.3. The fourth-order valence-electron chi connectivity index (χ4n) is 10.2. The SMILES string of the molecule is CC/C=C\C/C=C\C/C=C\C/C=C\C/C=C\C/C=C\CCCCCCC(=O)OCC(COP(=O)(O)OCC(O)COP(=O)(O)OCC(O)COC(=O)CCCCCCCCCCCCCCCCC/C=C\C/C=C\C/C=C\C/C=C\C/C=C\CC)OC(=O)CCC/C=C\C/C=C\C/C=C\C/C=C\C/C=C\CC. The summed E-state index contributed by atoms with van der Waals surface area (Å²) in [6.45, 7) is 2.22. The van der Waals surface area contributed by atoms with E-state index in [0.29, 0.717) is 25.7 Å². The number of hydrogen-bond donors (Lipinski definition) is 4. The van der Waals surface area contributed by atoms with Gasteiger partial charge in [-0.2, -0.15) is 0 Å². The van der Waals surface area contributed by atoms with Crippen molar-refractivity contribution in [3.63, 3.8) is 0 Å². The van der Waals surface area contributed by atoms with Crippen molar-refractivity contribution in [2.45, 2.75) is 309 Å². The predicted molar refractivity (Wildman–Crippen MR) is 444 cm³/mol. The van der Waals surface area contributed by atoms with Gasteiger partial charge in [0.2, 0.25) is 0 Å². The van der Waals surface area contributed by atoms with Gasteiger partial charge in [0.05, 0.1) is 26.4 Å². The third-order valence-corrected chi connectivity index (χ3v) is 18.2. The average molecular weight is 1530 g/mol. The monoisotopic (exact) mass is 1530 g/mol. The third kappa shape index (κ3) is 81.2. The van der Waals surface area contributed by atoms with Crippen molar-refractivity contribution in [2.75, 3.05) is 39.6 Å². The number of carbonyl (C=O) groups excluding carboxylic acids is 3. The minimum atomic E-state index is -4.96. The Balaban J connectivity index is 4.61. The van der Waals surface area contributed by atoms with Crippen molar-refractivity contribution in [3.05, 3.63) is 194 Å². The zero-order valence-electron chi connectivity index (χ0n) is 66.2. The second kappa shape index (κ2) is 79.9. The molecule has 5 unspecified atom stereocenters. The van der Waals surface area contributed by atoms with Crippen LogP contribution in [0.4, 0.5) is 0 Å². The Hall–Kier alpha value is -5.61. The fourth-order valence-corrected chi connectivity index (χ4v) is 11.8. The van der Waals surface area contributed by atoms with E-state index in [9.17, 15) is 43.5 Å². The van der Waals surface area contributed by atoms with E-state index in [0.717, 1.165) is 148 Å². The van der Waals surface area contributed by atoms with E-state index < -0.39 is 91.5 Å². The summed E-state index contributed by atoms with van der Waals surface area (Å²) in [4.78, 5) is 58.7. The molecule has 18 heteroatoms. The molecule has 0 spiro atoms. The van der Waals surface area contributed by atoms with Crippen molar-refractivity contribution in [1.29, 1.82) is 0 Å². The molecule has 0 fully saturated rings. The lowest BCUT2D eigenvalue weighted by atomic mass is 10.0. The molecule has 4 N–H and O–H groups in total. The second-order valence-electron chi connectivity index (χ2n) is 26.4. The molecule has 5 atom stereocenters. The number of ether oxygens (including phenoxy) is 3. The summed E-state index contributed by atoms with van der Waals surface area (Å²) < 4.78 is 61.1. The van der Waals surface area contributed by atoms with Gasteiger partial charge in [-0.15, -0.1) is 0 Å². The van der Waals surface area contributed by atoms with Crippen LogP contribution in [0.15, 0.2) is 194 Å². The molecule has 0 aliphatic carbocycles. The molecule has 0 rings (SSSR count). The Bertz CT molecular complexity index is 2720. The number of allylic oxidation sites excluding steroid dienone is 32. The molecular weight excluding hydrogens is 1390 g/mol. The van der Waals surface area contributed by atoms with Crippen LogP contribution in [0.25, 0.3) is 0 Å². The van der Waals surface area contributed by atoms with Crippen LogP contribution in [0.1, 0.15) is 290 Å². The van der Waals surface area contributed by atoms with E-state index in [4.69, 9.17) is 32.3 Å². The molecule has 0 aliphatic heterocycles. The zero-order chi connectivity index (χ0) is 78.0. The molecule has 0 bridgehead atoms. The molecule has 0 saturated heterocycles. The summed E-state index contributed by atoms with van der Waals surface area (Å²) in [5, 5.41) is 20.7. The summed E-state index contributed by atoms with van der Waals surface area (Å²) in [6.07, 6.45) is 105. The molecule has 606 valence electrons. The van der Waals surface area contributed by atoms with E-state index in [2.05, 4.69) is 203 Å². The zero-order valence-corrected chi connectivity index (χ0v) is 68.0. The van der Waals surface area contributed by atoms with Gasteiger partial charge in [-0.05, 0) is 154 Å². The van der Waals surface area contributed by atoms with Crippen molar-refractivity contribution >= 4 is 33.6 Å². The molecule has 0 aliphatic rings. The largest absolute Gasteiger partial charge is 0.472 e. The maximum absolute atomic E-state index is 13.0. The summed E-state index contributed by atoms with van der Waals surface area (Å²) in [6, 6.07) is 0. The van der Waals surface area contributed by atoms with E-state index >= 15 is 0 Å². The Kier molecular flexibility index (Phi) is 75.7. The van der Waals surface area contributed by atoms with Crippen LogP contribution in [0.2, 0.25) is 0 Å². The van der Waals surface area contributed by atoms with Gasteiger partial charge in [-0.25, -0.2) is 9.13 Å². The topological polar surface area (TPSA) is 231 Å². The predicted octanol–water partition coefficient (Wildman–Crippen LogP) is 24.3. The average Bonchev–Trinajstić information content (AvgIpc) is 0.927. The number of phosphoric ester groups is 2. The molecule has 0 radical (unpaired) electrons. The lowest BCUT2D eigenvalue weighted by Gasteiger charge is -2.21. The van der Waals surface area contributed by atoms with Gasteiger partial charge in [-0.3, -0.25) is 32.5 Å². The van der Waals surface area contributed by atoms with Crippen LogP contribution in [0, 0.1) is 0 Å². The van der Waals surface area contributed by atoms with Gasteiger partial charge >= 0.3 is 33.6 Å². The van der Waals surface area contributed by atoms with Gasteiger partial charge < -0.3 is 34.2 Å². The van der Waals surface area contributed by atoms with Gasteiger partial charge in [0.15, 0.2) is 6.10 Å². The molecule has 107 heavy (non-hydrogen) atoms. The van der Waals surface area contributed by atoms with E-state index in [1.165, 1.54) is 77.0 Å². The highest BCUT2D eigenvalue weighted by Crippen LogP contribution is 2.45. The van der Waals surface area contributed by atoms with Crippen LogP contribution in [-0.4, -0.2) is 95.9 Å². The Morgan fingerprint density at radius 1 is 0.262 bits per heavy atom. The molecule has 0 aromatic heterocycles. The lowest BCUT2D eigenvalue weighted by Crippen LogP contribution is -2.30. The Morgan fingerprint density at radius 2 is 0.477 bits per heavy atom. The summed E-state index contributed by atoms with van der Waals surface area (Å²) in [7, 11) is -9.84. The van der Waals surface area contributed by atoms with Crippen LogP contribution in [0.3, 0.4) is 0 Å². The Labute approximate surface area is 648 Å². The number of aliphatic hydroxyl groups is 2. The first kappa shape index (κ1) is 101. The number of aliphatic hydroxyl groups excluding tert-OH is 2. The van der Waals surface area contributed by atoms with Crippen molar-refractivity contribution in [1.82, 2.24) is 0 Å². The normalized spacial score (nSPS) is 14.9. The highest BCUT2D eigenvalue weighted by molar-refractivity contribution is 7.47. The summed E-state index contributed by atoms with van der Waals surface area (Å²) >= 11 is 0. The fraction of sp³-hybridized carbons (Fsp3) is 0.607. The quantitative estimate of drug-likeness (QED) is 0.0146. The lowest BCUT2D eigenvalue weighted by molar-refractivity contribution is -0.161. The van der Waals surface area contributed by atoms with E-state index in [1.807, 2.05) is 12.2 Å².